The third-order valence-corrected chi connectivity index (χ3v) is 2.71. The Labute approximate surface area is 105 Å². The van der Waals surface area contributed by atoms with E-state index in [0.29, 0.717) is 0 Å². The first kappa shape index (κ1) is 11.0. The van der Waals surface area contributed by atoms with Gasteiger partial charge in [-0.1, -0.05) is 18.2 Å². The molecular weight excluding hydrogens is 228 g/mol. The predicted molar refractivity (Wildman–Crippen MR) is 69.7 cm³/mol. The van der Waals surface area contributed by atoms with E-state index in [1.54, 1.807) is 11.4 Å². The number of benzene rings is 1. The second-order valence-corrected chi connectivity index (χ2v) is 4.04. The van der Waals surface area contributed by atoms with Crippen molar-refractivity contribution in [3.63, 3.8) is 0 Å². The van der Waals surface area contributed by atoms with Gasteiger partial charge in [-0.2, -0.15) is 0 Å². The largest absolute Gasteiger partial charge is 0.340 e. The Morgan fingerprint density at radius 1 is 1.17 bits per heavy atom. The molecule has 1 N–H and O–H groups in total. The zero-order valence-electron chi connectivity index (χ0n) is 9.91. The molecule has 1 aromatic carbocycles. The molecule has 3 rings (SSSR count). The van der Waals surface area contributed by atoms with Crippen molar-refractivity contribution in [1.82, 2.24) is 9.97 Å². The van der Waals surface area contributed by atoms with Gasteiger partial charge in [0.15, 0.2) is 5.82 Å². The lowest BCUT2D eigenvalue weighted by atomic mass is 10.3. The van der Waals surface area contributed by atoms with Gasteiger partial charge in [0.05, 0.1) is 6.61 Å². The monoisotopic (exact) mass is 242 g/mol. The Morgan fingerprint density at radius 2 is 2.06 bits per heavy atom. The number of nitrogens with zero attached hydrogens (tertiary/aromatic N) is 3. The van der Waals surface area contributed by atoms with Crippen LogP contribution in [-0.4, -0.2) is 23.1 Å². The molecule has 1 aliphatic rings. The highest BCUT2D eigenvalue weighted by Gasteiger charge is 2.15. The average molecular weight is 242 g/mol. The maximum atomic E-state index is 5.46. The topological polar surface area (TPSA) is 50.3 Å². The van der Waals surface area contributed by atoms with Gasteiger partial charge in [0.1, 0.15) is 12.1 Å². The van der Waals surface area contributed by atoms with Crippen molar-refractivity contribution in [2.24, 2.45) is 0 Å². The van der Waals surface area contributed by atoms with E-state index >= 15 is 0 Å². The molecule has 0 unspecified atom stereocenters. The van der Waals surface area contributed by atoms with Crippen LogP contribution in [0.5, 0.6) is 0 Å². The van der Waals surface area contributed by atoms with E-state index in [9.17, 15) is 0 Å². The van der Waals surface area contributed by atoms with Crippen molar-refractivity contribution in [1.29, 1.82) is 0 Å². The number of para-hydroxylation sites is 1. The van der Waals surface area contributed by atoms with Gasteiger partial charge in [0.2, 0.25) is 0 Å². The molecule has 2 aromatic rings. The maximum Gasteiger partial charge on any atom is 0.157 e. The van der Waals surface area contributed by atoms with Crippen LogP contribution in [-0.2, 0) is 4.84 Å². The zero-order valence-corrected chi connectivity index (χ0v) is 9.91. The molecule has 0 radical (unpaired) electrons. The van der Waals surface area contributed by atoms with Gasteiger partial charge in [-0.05, 0) is 18.6 Å². The van der Waals surface area contributed by atoms with Crippen molar-refractivity contribution < 1.29 is 4.84 Å². The molecule has 0 amide bonds. The summed E-state index contributed by atoms with van der Waals surface area (Å²) in [5.74, 6) is 1.56. The number of hydrogen-bond acceptors (Lipinski definition) is 5. The molecule has 0 aliphatic carbocycles. The first-order valence-corrected chi connectivity index (χ1v) is 5.96. The standard InChI is InChI=1S/C13H14N4O/c1-2-5-11(6-3-1)16-12-9-13(15-10-14-12)17-7-4-8-18-17/h1-3,5-6,9-10H,4,7-8H2,(H,14,15,16). The third-order valence-electron chi connectivity index (χ3n) is 2.71. The van der Waals surface area contributed by atoms with E-state index in [0.717, 1.165) is 36.9 Å². The fourth-order valence-electron chi connectivity index (χ4n) is 1.85. The van der Waals surface area contributed by atoms with Crippen LogP contribution in [0.3, 0.4) is 0 Å². The molecule has 0 bridgehead atoms. The summed E-state index contributed by atoms with van der Waals surface area (Å²) in [6.45, 7) is 1.63. The Balaban J connectivity index is 1.78. The fourth-order valence-corrected chi connectivity index (χ4v) is 1.85. The summed E-state index contributed by atoms with van der Waals surface area (Å²) in [5, 5.41) is 5.04. The van der Waals surface area contributed by atoms with Gasteiger partial charge < -0.3 is 5.32 Å². The minimum Gasteiger partial charge on any atom is -0.340 e. The lowest BCUT2D eigenvalue weighted by molar-refractivity contribution is 0.166. The molecule has 2 heterocycles. The minimum atomic E-state index is 0.755. The smallest absolute Gasteiger partial charge is 0.157 e. The Kier molecular flexibility index (Phi) is 3.06. The normalized spacial score (nSPS) is 14.8. The van der Waals surface area contributed by atoms with Gasteiger partial charge in [0.25, 0.3) is 0 Å². The number of rotatable bonds is 3. The zero-order chi connectivity index (χ0) is 12.2. The molecule has 92 valence electrons. The summed E-state index contributed by atoms with van der Waals surface area (Å²) in [6.07, 6.45) is 2.58. The van der Waals surface area contributed by atoms with Crippen molar-refractivity contribution in [2.45, 2.75) is 6.42 Å². The van der Waals surface area contributed by atoms with Gasteiger partial charge in [-0.3, -0.25) is 4.84 Å². The van der Waals surface area contributed by atoms with Gasteiger partial charge in [-0.15, -0.1) is 0 Å². The number of hydroxylamine groups is 1. The van der Waals surface area contributed by atoms with Crippen LogP contribution in [0.1, 0.15) is 6.42 Å². The number of hydrogen-bond donors (Lipinski definition) is 1. The lowest BCUT2D eigenvalue weighted by Gasteiger charge is -2.15. The molecule has 5 heteroatoms. The molecule has 1 aliphatic heterocycles. The summed E-state index contributed by atoms with van der Waals surface area (Å²) in [4.78, 5) is 13.9. The second-order valence-electron chi connectivity index (χ2n) is 4.04. The molecule has 0 atom stereocenters. The van der Waals surface area contributed by atoms with Crippen molar-refractivity contribution >= 4 is 17.3 Å². The first-order valence-electron chi connectivity index (χ1n) is 5.96. The molecule has 1 fully saturated rings. The van der Waals surface area contributed by atoms with Crippen molar-refractivity contribution in [3.8, 4) is 0 Å². The van der Waals surface area contributed by atoms with Crippen LogP contribution >= 0.6 is 0 Å². The Hall–Kier alpha value is -2.14. The fraction of sp³-hybridized carbons (Fsp3) is 0.231. The second kappa shape index (κ2) is 5.01. The summed E-state index contributed by atoms with van der Waals surface area (Å²) < 4.78 is 0. The summed E-state index contributed by atoms with van der Waals surface area (Å²) >= 11 is 0. The molecule has 1 aromatic heterocycles. The molecule has 0 saturated carbocycles. The maximum absolute atomic E-state index is 5.46. The highest BCUT2D eigenvalue weighted by molar-refractivity contribution is 5.58. The molecular formula is C13H14N4O. The van der Waals surface area contributed by atoms with Gasteiger partial charge >= 0.3 is 0 Å². The van der Waals surface area contributed by atoms with Gasteiger partial charge in [0, 0.05) is 18.3 Å². The number of aromatic nitrogens is 2. The SMILES string of the molecule is c1ccc(Nc2cc(N3CCCO3)ncn2)cc1. The van der Waals surface area contributed by atoms with Crippen LogP contribution in [0, 0.1) is 0 Å². The van der Waals surface area contributed by atoms with Crippen LogP contribution in [0.2, 0.25) is 0 Å². The minimum absolute atomic E-state index is 0.755. The van der Waals surface area contributed by atoms with Crippen molar-refractivity contribution in [3.05, 3.63) is 42.7 Å². The van der Waals surface area contributed by atoms with E-state index in [1.807, 2.05) is 36.4 Å². The van der Waals surface area contributed by atoms with E-state index in [-0.39, 0.29) is 0 Å². The molecule has 18 heavy (non-hydrogen) atoms. The average Bonchev–Trinajstić information content (AvgIpc) is 2.94. The van der Waals surface area contributed by atoms with E-state index in [2.05, 4.69) is 15.3 Å². The Morgan fingerprint density at radius 3 is 2.83 bits per heavy atom. The van der Waals surface area contributed by atoms with Gasteiger partial charge in [-0.25, -0.2) is 15.0 Å². The molecule has 5 nitrogen and oxygen atoms in total. The van der Waals surface area contributed by atoms with E-state index in [4.69, 9.17) is 4.84 Å². The van der Waals surface area contributed by atoms with E-state index < -0.39 is 0 Å². The summed E-state index contributed by atoms with van der Waals surface area (Å²) in [7, 11) is 0. The molecule has 0 spiro atoms. The van der Waals surface area contributed by atoms with Crippen LogP contribution < -0.4 is 10.4 Å². The van der Waals surface area contributed by atoms with Crippen molar-refractivity contribution in [2.75, 3.05) is 23.5 Å². The number of anilines is 3. The summed E-state index contributed by atoms with van der Waals surface area (Å²) in [6, 6.07) is 11.8. The highest BCUT2D eigenvalue weighted by atomic mass is 16.7. The first-order chi connectivity index (χ1) is 8.92. The number of nitrogens with one attached hydrogen (secondary N) is 1. The highest BCUT2D eigenvalue weighted by Crippen LogP contribution is 2.20. The van der Waals surface area contributed by atoms with Crippen LogP contribution in [0.25, 0.3) is 0 Å². The van der Waals surface area contributed by atoms with Crippen LogP contribution in [0.15, 0.2) is 42.7 Å². The lowest BCUT2D eigenvalue weighted by Crippen LogP contribution is -2.17. The van der Waals surface area contributed by atoms with Crippen LogP contribution in [0.4, 0.5) is 17.3 Å². The summed E-state index contributed by atoms with van der Waals surface area (Å²) in [5.41, 5.74) is 1.00. The third kappa shape index (κ3) is 2.41. The Bertz CT molecular complexity index is 511. The quantitative estimate of drug-likeness (QED) is 0.895. The predicted octanol–water partition coefficient (Wildman–Crippen LogP) is 2.36. The molecule has 1 saturated heterocycles. The van der Waals surface area contributed by atoms with E-state index in [1.165, 1.54) is 0 Å².